The van der Waals surface area contributed by atoms with E-state index in [0.29, 0.717) is 0 Å². The molecule has 0 saturated carbocycles. The molecule has 1 aromatic carbocycles. The molecule has 0 aromatic heterocycles. The number of hydrogen-bond donors (Lipinski definition) is 3. The number of carbonyl (C=O) groups is 1. The van der Waals surface area contributed by atoms with Gasteiger partial charge >= 0.3 is 17.8 Å². The summed E-state index contributed by atoms with van der Waals surface area (Å²) in [5, 5.41) is 31.2. The van der Waals surface area contributed by atoms with E-state index in [2.05, 4.69) is 0 Å². The standard InChI is InChI=1S/C11H11F3N2O5/c1-5(15-10(19)11(12,13)14)9(18)6-2-3-8(17)7(4-6)16(20)21/h2-5,9,17-18H,1H3,(H,15,19). The van der Waals surface area contributed by atoms with Gasteiger partial charge in [0.25, 0.3) is 0 Å². The second kappa shape index (κ2) is 5.95. The van der Waals surface area contributed by atoms with Crippen LogP contribution in [0.25, 0.3) is 0 Å². The van der Waals surface area contributed by atoms with Crippen molar-refractivity contribution in [2.45, 2.75) is 25.2 Å². The van der Waals surface area contributed by atoms with Crippen LogP contribution in [0.1, 0.15) is 18.6 Å². The van der Waals surface area contributed by atoms with Gasteiger partial charge in [-0.1, -0.05) is 6.07 Å². The molecule has 116 valence electrons. The van der Waals surface area contributed by atoms with Gasteiger partial charge < -0.3 is 15.5 Å². The van der Waals surface area contributed by atoms with Gasteiger partial charge in [0.1, 0.15) is 0 Å². The fourth-order valence-electron chi connectivity index (χ4n) is 1.53. The molecule has 3 N–H and O–H groups in total. The molecule has 0 aliphatic heterocycles. The summed E-state index contributed by atoms with van der Waals surface area (Å²) in [5.41, 5.74) is -0.824. The molecule has 0 spiro atoms. The third-order valence-electron chi connectivity index (χ3n) is 2.63. The van der Waals surface area contributed by atoms with E-state index in [9.17, 15) is 38.3 Å². The second-order valence-electron chi connectivity index (χ2n) is 4.21. The van der Waals surface area contributed by atoms with Gasteiger partial charge in [-0.05, 0) is 18.6 Å². The predicted molar refractivity (Wildman–Crippen MR) is 63.4 cm³/mol. The van der Waals surface area contributed by atoms with Crippen molar-refractivity contribution in [3.8, 4) is 5.75 Å². The highest BCUT2D eigenvalue weighted by Crippen LogP contribution is 2.30. The lowest BCUT2D eigenvalue weighted by Crippen LogP contribution is -2.44. The third kappa shape index (κ3) is 4.05. The molecule has 21 heavy (non-hydrogen) atoms. The van der Waals surface area contributed by atoms with Crippen LogP contribution in [0.3, 0.4) is 0 Å². The Morgan fingerprint density at radius 3 is 2.48 bits per heavy atom. The summed E-state index contributed by atoms with van der Waals surface area (Å²) in [5.74, 6) is -2.88. The maximum absolute atomic E-state index is 12.1. The van der Waals surface area contributed by atoms with E-state index in [4.69, 9.17) is 0 Å². The lowest BCUT2D eigenvalue weighted by Gasteiger charge is -2.21. The van der Waals surface area contributed by atoms with Crippen molar-refractivity contribution >= 4 is 11.6 Å². The van der Waals surface area contributed by atoms with E-state index in [-0.39, 0.29) is 5.56 Å². The first-order chi connectivity index (χ1) is 9.54. The van der Waals surface area contributed by atoms with Gasteiger partial charge in [-0.15, -0.1) is 0 Å². The van der Waals surface area contributed by atoms with Crippen LogP contribution < -0.4 is 5.32 Å². The van der Waals surface area contributed by atoms with Gasteiger partial charge in [0.15, 0.2) is 5.75 Å². The molecule has 0 radical (unpaired) electrons. The summed E-state index contributed by atoms with van der Waals surface area (Å²) >= 11 is 0. The fourth-order valence-corrected chi connectivity index (χ4v) is 1.53. The molecule has 2 unspecified atom stereocenters. The molecular formula is C11H11F3N2O5. The highest BCUT2D eigenvalue weighted by Gasteiger charge is 2.40. The van der Waals surface area contributed by atoms with Crippen LogP contribution in [0, 0.1) is 10.1 Å². The van der Waals surface area contributed by atoms with E-state index in [0.717, 1.165) is 25.1 Å². The Morgan fingerprint density at radius 2 is 2.00 bits per heavy atom. The highest BCUT2D eigenvalue weighted by molar-refractivity contribution is 5.82. The van der Waals surface area contributed by atoms with Gasteiger partial charge in [0, 0.05) is 6.07 Å². The molecule has 2 atom stereocenters. The molecule has 0 fully saturated rings. The Balaban J connectivity index is 2.93. The Kier molecular flexibility index (Phi) is 4.73. The molecule has 0 saturated heterocycles. The molecule has 0 aliphatic carbocycles. The number of nitro benzene ring substituents is 1. The van der Waals surface area contributed by atoms with Crippen LogP contribution >= 0.6 is 0 Å². The average molecular weight is 308 g/mol. The van der Waals surface area contributed by atoms with Crippen LogP contribution in [-0.4, -0.2) is 33.3 Å². The molecule has 1 aromatic rings. The summed E-state index contributed by atoms with van der Waals surface area (Å²) in [6, 6.07) is 1.50. The number of alkyl halides is 3. The number of hydrogen-bond acceptors (Lipinski definition) is 5. The van der Waals surface area contributed by atoms with Crippen LogP contribution in [0.2, 0.25) is 0 Å². The van der Waals surface area contributed by atoms with Crippen molar-refractivity contribution in [1.29, 1.82) is 0 Å². The smallest absolute Gasteiger partial charge is 0.471 e. The number of nitrogens with one attached hydrogen (secondary N) is 1. The zero-order chi connectivity index (χ0) is 16.4. The number of halogens is 3. The molecule has 0 heterocycles. The summed E-state index contributed by atoms with van der Waals surface area (Å²) in [7, 11) is 0. The largest absolute Gasteiger partial charge is 0.502 e. The SMILES string of the molecule is CC(NC(=O)C(F)(F)F)C(O)c1ccc(O)c([N+](=O)[O-])c1. The molecule has 0 aliphatic rings. The summed E-state index contributed by atoms with van der Waals surface area (Å²) < 4.78 is 36.2. The lowest BCUT2D eigenvalue weighted by molar-refractivity contribution is -0.386. The number of benzene rings is 1. The van der Waals surface area contributed by atoms with E-state index < -0.39 is 40.6 Å². The molecule has 10 heteroatoms. The van der Waals surface area contributed by atoms with E-state index in [1.807, 2.05) is 0 Å². The summed E-state index contributed by atoms with van der Waals surface area (Å²) in [6.45, 7) is 1.10. The van der Waals surface area contributed by atoms with Gasteiger partial charge in [-0.2, -0.15) is 13.2 Å². The van der Waals surface area contributed by atoms with Crippen molar-refractivity contribution in [2.24, 2.45) is 0 Å². The van der Waals surface area contributed by atoms with Crippen molar-refractivity contribution in [1.82, 2.24) is 5.32 Å². The highest BCUT2D eigenvalue weighted by atomic mass is 19.4. The number of carbonyl (C=O) groups excluding carboxylic acids is 1. The second-order valence-corrected chi connectivity index (χ2v) is 4.21. The van der Waals surface area contributed by atoms with Crippen LogP contribution in [0.15, 0.2) is 18.2 Å². The minimum absolute atomic E-state index is 0.116. The number of nitrogens with zero attached hydrogens (tertiary/aromatic N) is 1. The lowest BCUT2D eigenvalue weighted by atomic mass is 10.0. The van der Waals surface area contributed by atoms with Crippen LogP contribution in [0.5, 0.6) is 5.75 Å². The van der Waals surface area contributed by atoms with Crippen LogP contribution in [0.4, 0.5) is 18.9 Å². The van der Waals surface area contributed by atoms with Gasteiger partial charge in [0.2, 0.25) is 0 Å². The number of aliphatic hydroxyl groups is 1. The third-order valence-corrected chi connectivity index (χ3v) is 2.63. The molecule has 1 amide bonds. The molecule has 1 rings (SSSR count). The first-order valence-corrected chi connectivity index (χ1v) is 5.57. The van der Waals surface area contributed by atoms with Gasteiger partial charge in [0.05, 0.1) is 17.1 Å². The fraction of sp³-hybridized carbons (Fsp3) is 0.364. The van der Waals surface area contributed by atoms with Crippen molar-refractivity contribution in [2.75, 3.05) is 0 Å². The predicted octanol–water partition coefficient (Wildman–Crippen LogP) is 1.40. The number of nitro groups is 1. The normalized spacial score (nSPS) is 14.3. The van der Waals surface area contributed by atoms with Crippen molar-refractivity contribution in [3.05, 3.63) is 33.9 Å². The average Bonchev–Trinajstić information content (AvgIpc) is 2.36. The Bertz CT molecular complexity index is 561. The zero-order valence-electron chi connectivity index (χ0n) is 10.6. The van der Waals surface area contributed by atoms with Crippen LogP contribution in [-0.2, 0) is 4.79 Å². The Hall–Kier alpha value is -2.36. The number of rotatable bonds is 4. The van der Waals surface area contributed by atoms with E-state index >= 15 is 0 Å². The molecule has 0 bridgehead atoms. The topological polar surface area (TPSA) is 113 Å². The first-order valence-electron chi connectivity index (χ1n) is 5.57. The number of phenols is 1. The molecular weight excluding hydrogens is 297 g/mol. The minimum atomic E-state index is -5.10. The Morgan fingerprint density at radius 1 is 1.43 bits per heavy atom. The Labute approximate surface area is 116 Å². The number of aliphatic hydroxyl groups excluding tert-OH is 1. The van der Waals surface area contributed by atoms with Crippen molar-refractivity contribution in [3.63, 3.8) is 0 Å². The molecule has 7 nitrogen and oxygen atoms in total. The monoisotopic (exact) mass is 308 g/mol. The maximum atomic E-state index is 12.1. The number of aromatic hydroxyl groups is 1. The quantitative estimate of drug-likeness (QED) is 0.575. The van der Waals surface area contributed by atoms with E-state index in [1.165, 1.54) is 5.32 Å². The van der Waals surface area contributed by atoms with Crippen molar-refractivity contribution < 1.29 is 33.1 Å². The zero-order valence-corrected chi connectivity index (χ0v) is 10.6. The summed E-state index contributed by atoms with van der Waals surface area (Å²) in [6.07, 6.45) is -6.72. The van der Waals surface area contributed by atoms with E-state index in [1.54, 1.807) is 0 Å². The maximum Gasteiger partial charge on any atom is 0.471 e. The van der Waals surface area contributed by atoms with Gasteiger partial charge in [-0.25, -0.2) is 0 Å². The van der Waals surface area contributed by atoms with Gasteiger partial charge in [-0.3, -0.25) is 14.9 Å². The minimum Gasteiger partial charge on any atom is -0.502 e. The first kappa shape index (κ1) is 16.7. The number of amides is 1. The number of phenolic OH excluding ortho intramolecular Hbond substituents is 1. The summed E-state index contributed by atoms with van der Waals surface area (Å²) in [4.78, 5) is 20.5.